The third-order valence-corrected chi connectivity index (χ3v) is 6.25. The molecule has 0 N–H and O–H groups in total. The van der Waals surface area contributed by atoms with Gasteiger partial charge in [-0.1, -0.05) is 32.8 Å². The summed E-state index contributed by atoms with van der Waals surface area (Å²) in [6.45, 7) is 5.63. The first kappa shape index (κ1) is 18.5. The summed E-state index contributed by atoms with van der Waals surface area (Å²) in [5, 5.41) is 1.71. The van der Waals surface area contributed by atoms with E-state index in [1.54, 1.807) is 0 Å². The van der Waals surface area contributed by atoms with E-state index in [1.807, 2.05) is 36.0 Å². The summed E-state index contributed by atoms with van der Waals surface area (Å²) in [7, 11) is 0. The second kappa shape index (κ2) is 8.01. The molecule has 4 rings (SSSR count). The Kier molecular flexibility index (Phi) is 5.48. The van der Waals surface area contributed by atoms with Crippen molar-refractivity contribution in [2.24, 2.45) is 5.92 Å². The van der Waals surface area contributed by atoms with Crippen molar-refractivity contribution in [3.8, 4) is 11.5 Å². The van der Waals surface area contributed by atoms with Gasteiger partial charge in [0, 0.05) is 23.1 Å². The predicted molar refractivity (Wildman–Crippen MR) is 111 cm³/mol. The van der Waals surface area contributed by atoms with Crippen molar-refractivity contribution in [1.82, 2.24) is 0 Å². The van der Waals surface area contributed by atoms with Gasteiger partial charge in [-0.2, -0.15) is 11.8 Å². The molecule has 1 saturated heterocycles. The smallest absolute Gasteiger partial charge is 0.203 e. The summed E-state index contributed by atoms with van der Waals surface area (Å²) in [5.41, 5.74) is 1.21. The van der Waals surface area contributed by atoms with Gasteiger partial charge in [0.05, 0.1) is 11.8 Å². The predicted octanol–water partition coefficient (Wildman–Crippen LogP) is 3.46. The molecule has 2 aromatic rings. The SMILES string of the molecule is CCC(CC)COc1cc(OCC2CS2)c2c(=O)c3c(oc2c1)=CCCC=3. The lowest BCUT2D eigenvalue weighted by Crippen LogP contribution is -2.40. The summed E-state index contributed by atoms with van der Waals surface area (Å²) in [6, 6.07) is 3.69. The minimum absolute atomic E-state index is 0.00723. The third-order valence-electron chi connectivity index (χ3n) is 5.31. The lowest BCUT2D eigenvalue weighted by molar-refractivity contribution is 0.239. The standard InChI is InChI=1S/C22H26O4S/c1-3-14(4-2)11-24-15-9-19(25-12-16-13-27-16)21-20(10-15)26-18-8-6-5-7-17(18)22(21)23/h7-10,14,16H,3-6,11-13H2,1-2H3. The van der Waals surface area contributed by atoms with Crippen LogP contribution in [0.2, 0.25) is 0 Å². The molecule has 2 aliphatic rings. The van der Waals surface area contributed by atoms with Gasteiger partial charge in [-0.25, -0.2) is 0 Å². The fourth-order valence-corrected chi connectivity index (χ4v) is 3.76. The lowest BCUT2D eigenvalue weighted by atomic mass is 10.1. The highest BCUT2D eigenvalue weighted by Gasteiger charge is 2.24. The zero-order chi connectivity index (χ0) is 18.8. The second-order valence-corrected chi connectivity index (χ2v) is 8.58. The fourth-order valence-electron chi connectivity index (χ4n) is 3.36. The molecule has 0 radical (unpaired) electrons. The molecule has 1 atom stereocenters. The minimum Gasteiger partial charge on any atom is -0.493 e. The summed E-state index contributed by atoms with van der Waals surface area (Å²) >= 11 is 1.88. The Bertz CT molecular complexity index is 1000. The summed E-state index contributed by atoms with van der Waals surface area (Å²) in [4.78, 5) is 13.1. The Balaban J connectivity index is 1.78. The van der Waals surface area contributed by atoms with E-state index < -0.39 is 0 Å². The molecule has 4 nitrogen and oxygen atoms in total. The van der Waals surface area contributed by atoms with Gasteiger partial charge in [-0.05, 0) is 24.8 Å². The number of rotatable bonds is 8. The molecule has 1 aliphatic carbocycles. The monoisotopic (exact) mass is 386 g/mol. The third kappa shape index (κ3) is 4.03. The van der Waals surface area contributed by atoms with Crippen molar-refractivity contribution in [1.29, 1.82) is 0 Å². The van der Waals surface area contributed by atoms with Crippen LogP contribution in [0.25, 0.3) is 23.1 Å². The molecule has 1 unspecified atom stereocenters. The van der Waals surface area contributed by atoms with Crippen LogP contribution in [-0.4, -0.2) is 24.2 Å². The van der Waals surface area contributed by atoms with Crippen LogP contribution in [0.15, 0.2) is 21.3 Å². The Morgan fingerprint density at radius 2 is 1.96 bits per heavy atom. The molecule has 0 spiro atoms. The van der Waals surface area contributed by atoms with E-state index in [-0.39, 0.29) is 5.43 Å². The summed E-state index contributed by atoms with van der Waals surface area (Å²) < 4.78 is 18.1. The first-order valence-electron chi connectivity index (χ1n) is 9.88. The number of thioether (sulfide) groups is 1. The largest absolute Gasteiger partial charge is 0.493 e. The fraction of sp³-hybridized carbons (Fsp3) is 0.500. The van der Waals surface area contributed by atoms with E-state index in [2.05, 4.69) is 13.8 Å². The van der Waals surface area contributed by atoms with Crippen LogP contribution in [0, 0.1) is 5.92 Å². The van der Waals surface area contributed by atoms with Crippen molar-refractivity contribution >= 4 is 34.9 Å². The van der Waals surface area contributed by atoms with Gasteiger partial charge >= 0.3 is 0 Å². The van der Waals surface area contributed by atoms with Gasteiger partial charge in [0.1, 0.15) is 34.5 Å². The van der Waals surface area contributed by atoms with Crippen molar-refractivity contribution in [2.45, 2.75) is 44.8 Å². The summed E-state index contributed by atoms with van der Waals surface area (Å²) in [6.07, 6.45) is 7.90. The molecule has 1 aromatic carbocycles. The second-order valence-electron chi connectivity index (χ2n) is 7.25. The minimum atomic E-state index is -0.00723. The van der Waals surface area contributed by atoms with Gasteiger partial charge in [0.15, 0.2) is 0 Å². The zero-order valence-corrected chi connectivity index (χ0v) is 16.8. The Morgan fingerprint density at radius 1 is 1.19 bits per heavy atom. The van der Waals surface area contributed by atoms with Crippen molar-refractivity contribution in [3.63, 3.8) is 0 Å². The van der Waals surface area contributed by atoms with Gasteiger partial charge in [0.2, 0.25) is 5.43 Å². The maximum absolute atomic E-state index is 13.1. The molecule has 1 aliphatic heterocycles. The van der Waals surface area contributed by atoms with Gasteiger partial charge in [-0.3, -0.25) is 4.79 Å². The highest BCUT2D eigenvalue weighted by atomic mass is 32.2. The van der Waals surface area contributed by atoms with Crippen molar-refractivity contribution < 1.29 is 13.9 Å². The Morgan fingerprint density at radius 3 is 2.70 bits per heavy atom. The van der Waals surface area contributed by atoms with Crippen LogP contribution < -0.4 is 25.5 Å². The molecule has 2 heterocycles. The molecule has 5 heteroatoms. The zero-order valence-electron chi connectivity index (χ0n) is 16.0. The molecule has 144 valence electrons. The van der Waals surface area contributed by atoms with Gasteiger partial charge in [-0.15, -0.1) is 0 Å². The van der Waals surface area contributed by atoms with Gasteiger partial charge < -0.3 is 13.9 Å². The number of fused-ring (bicyclic) bond motifs is 2. The van der Waals surface area contributed by atoms with Crippen LogP contribution in [0.3, 0.4) is 0 Å². The lowest BCUT2D eigenvalue weighted by Gasteiger charge is -2.16. The molecule has 1 fully saturated rings. The van der Waals surface area contributed by atoms with Crippen molar-refractivity contribution in [3.05, 3.63) is 33.0 Å². The first-order chi connectivity index (χ1) is 13.2. The van der Waals surface area contributed by atoms with Crippen LogP contribution >= 0.6 is 11.8 Å². The van der Waals surface area contributed by atoms with E-state index in [1.165, 1.54) is 0 Å². The van der Waals surface area contributed by atoms with Gasteiger partial charge in [0.25, 0.3) is 0 Å². The maximum Gasteiger partial charge on any atom is 0.203 e. The van der Waals surface area contributed by atoms with Crippen LogP contribution in [0.1, 0.15) is 39.5 Å². The average molecular weight is 387 g/mol. The normalized spacial score (nSPS) is 18.0. The van der Waals surface area contributed by atoms with E-state index in [4.69, 9.17) is 13.9 Å². The van der Waals surface area contributed by atoms with Crippen LogP contribution in [-0.2, 0) is 0 Å². The van der Waals surface area contributed by atoms with Crippen LogP contribution in [0.5, 0.6) is 11.5 Å². The molecule has 0 bridgehead atoms. The van der Waals surface area contributed by atoms with E-state index in [9.17, 15) is 4.79 Å². The maximum atomic E-state index is 13.1. The molecule has 1 aromatic heterocycles. The quantitative estimate of drug-likeness (QED) is 0.651. The number of ether oxygens (including phenoxy) is 2. The Hall–Kier alpha value is -1.88. The molecule has 27 heavy (non-hydrogen) atoms. The van der Waals surface area contributed by atoms with Crippen LogP contribution in [0.4, 0.5) is 0 Å². The average Bonchev–Trinajstić information content (AvgIpc) is 3.51. The van der Waals surface area contributed by atoms with E-state index >= 15 is 0 Å². The first-order valence-corrected chi connectivity index (χ1v) is 10.9. The van der Waals surface area contributed by atoms with Crippen molar-refractivity contribution in [2.75, 3.05) is 19.0 Å². The molecular weight excluding hydrogens is 360 g/mol. The number of hydrogen-bond acceptors (Lipinski definition) is 5. The Labute approximate surface area is 163 Å². The highest BCUT2D eigenvalue weighted by Crippen LogP contribution is 2.33. The molecular formula is C22H26O4S. The van der Waals surface area contributed by atoms with E-state index in [0.29, 0.717) is 57.5 Å². The summed E-state index contributed by atoms with van der Waals surface area (Å²) in [5.74, 6) is 2.92. The molecule has 0 amide bonds. The number of benzene rings is 1. The number of hydrogen-bond donors (Lipinski definition) is 0. The highest BCUT2D eigenvalue weighted by molar-refractivity contribution is 8.06. The topological polar surface area (TPSA) is 48.7 Å². The molecule has 0 saturated carbocycles. The van der Waals surface area contributed by atoms with E-state index in [0.717, 1.165) is 31.4 Å².